The molecule has 0 spiro atoms. The van der Waals surface area contributed by atoms with Gasteiger partial charge in [0.1, 0.15) is 16.8 Å². The molecule has 1 atom stereocenters. The number of piperidine rings is 1. The minimum Gasteiger partial charge on any atom is -0.384 e. The van der Waals surface area contributed by atoms with Gasteiger partial charge in [0.25, 0.3) is 0 Å². The van der Waals surface area contributed by atoms with Gasteiger partial charge in [0.2, 0.25) is 0 Å². The van der Waals surface area contributed by atoms with Crippen molar-refractivity contribution in [1.29, 1.82) is 0 Å². The third-order valence-corrected chi connectivity index (χ3v) is 3.76. The first kappa shape index (κ1) is 13.6. The summed E-state index contributed by atoms with van der Waals surface area (Å²) < 4.78 is 5.26. The normalized spacial score (nSPS) is 20.2. The summed E-state index contributed by atoms with van der Waals surface area (Å²) in [6.07, 6.45) is 2.40. The largest absolute Gasteiger partial charge is 0.384 e. The van der Waals surface area contributed by atoms with Crippen molar-refractivity contribution in [2.75, 3.05) is 31.7 Å². The lowest BCUT2D eigenvalue weighted by Crippen LogP contribution is -2.38. The van der Waals surface area contributed by atoms with E-state index in [0.29, 0.717) is 11.1 Å². The maximum Gasteiger partial charge on any atom is 0.137 e. The van der Waals surface area contributed by atoms with Crippen LogP contribution >= 0.6 is 11.6 Å². The molecule has 2 heterocycles. The van der Waals surface area contributed by atoms with E-state index in [1.165, 1.54) is 12.8 Å². The Kier molecular flexibility index (Phi) is 4.40. The minimum atomic E-state index is 0.561. The Labute approximate surface area is 113 Å². The van der Waals surface area contributed by atoms with Gasteiger partial charge < -0.3 is 9.64 Å². The van der Waals surface area contributed by atoms with Gasteiger partial charge >= 0.3 is 0 Å². The number of hydrogen-bond acceptors (Lipinski definition) is 4. The fourth-order valence-electron chi connectivity index (χ4n) is 2.52. The molecule has 1 aromatic heterocycles. The first-order valence-electron chi connectivity index (χ1n) is 6.36. The zero-order chi connectivity index (χ0) is 13.1. The number of rotatable bonds is 3. The fraction of sp³-hybridized carbons (Fsp3) is 0.692. The molecule has 1 fully saturated rings. The molecule has 0 saturated carbocycles. The van der Waals surface area contributed by atoms with Crippen LogP contribution in [0.2, 0.25) is 5.15 Å². The second kappa shape index (κ2) is 5.85. The Balaban J connectivity index is 2.20. The van der Waals surface area contributed by atoms with Crippen molar-refractivity contribution in [2.45, 2.75) is 26.7 Å². The molecule has 0 aliphatic carbocycles. The van der Waals surface area contributed by atoms with Crippen LogP contribution in [0, 0.1) is 19.8 Å². The Morgan fingerprint density at radius 2 is 2.17 bits per heavy atom. The first-order valence-corrected chi connectivity index (χ1v) is 6.74. The summed E-state index contributed by atoms with van der Waals surface area (Å²) in [6, 6.07) is 0. The molecule has 18 heavy (non-hydrogen) atoms. The summed E-state index contributed by atoms with van der Waals surface area (Å²) >= 11 is 6.13. The number of aromatic nitrogens is 2. The van der Waals surface area contributed by atoms with E-state index in [4.69, 9.17) is 16.3 Å². The molecule has 0 amide bonds. The molecule has 1 saturated heterocycles. The van der Waals surface area contributed by atoms with Crippen molar-refractivity contribution in [1.82, 2.24) is 9.97 Å². The number of nitrogens with zero attached hydrogens (tertiary/aromatic N) is 3. The van der Waals surface area contributed by atoms with Crippen LogP contribution < -0.4 is 4.90 Å². The van der Waals surface area contributed by atoms with Gasteiger partial charge in [-0.05, 0) is 32.6 Å². The Morgan fingerprint density at radius 3 is 2.89 bits per heavy atom. The predicted molar refractivity (Wildman–Crippen MR) is 73.3 cm³/mol. The van der Waals surface area contributed by atoms with Crippen LogP contribution in [0.15, 0.2) is 0 Å². The highest BCUT2D eigenvalue weighted by Gasteiger charge is 2.23. The molecule has 1 aliphatic rings. The highest BCUT2D eigenvalue weighted by Crippen LogP contribution is 2.27. The number of ether oxygens (including phenoxy) is 1. The lowest BCUT2D eigenvalue weighted by atomic mass is 9.99. The molecule has 1 aromatic rings. The molecule has 0 aromatic carbocycles. The lowest BCUT2D eigenvalue weighted by Gasteiger charge is -2.34. The molecule has 5 heteroatoms. The standard InChI is InChI=1S/C13H20ClN3O/c1-9-12(14)15-10(2)16-13(9)17-6-4-5-11(7-17)8-18-3/h11H,4-8H2,1-3H3. The zero-order valence-electron chi connectivity index (χ0n) is 11.2. The Morgan fingerprint density at radius 1 is 1.39 bits per heavy atom. The van der Waals surface area contributed by atoms with Crippen LogP contribution in [-0.2, 0) is 4.74 Å². The molecule has 0 bridgehead atoms. The van der Waals surface area contributed by atoms with E-state index in [1.807, 2.05) is 13.8 Å². The second-order valence-electron chi connectivity index (χ2n) is 4.92. The van der Waals surface area contributed by atoms with Gasteiger partial charge in [-0.2, -0.15) is 0 Å². The molecular weight excluding hydrogens is 250 g/mol. The van der Waals surface area contributed by atoms with E-state index in [9.17, 15) is 0 Å². The average Bonchev–Trinajstić information content (AvgIpc) is 2.34. The molecule has 100 valence electrons. The quantitative estimate of drug-likeness (QED) is 0.791. The van der Waals surface area contributed by atoms with E-state index in [-0.39, 0.29) is 0 Å². The highest BCUT2D eigenvalue weighted by atomic mass is 35.5. The van der Waals surface area contributed by atoms with Gasteiger partial charge in [0.05, 0.1) is 6.61 Å². The summed E-state index contributed by atoms with van der Waals surface area (Å²) in [4.78, 5) is 11.0. The van der Waals surface area contributed by atoms with Gasteiger partial charge in [-0.25, -0.2) is 9.97 Å². The van der Waals surface area contributed by atoms with Crippen LogP contribution in [-0.4, -0.2) is 36.8 Å². The van der Waals surface area contributed by atoms with Gasteiger partial charge in [-0.3, -0.25) is 0 Å². The summed E-state index contributed by atoms with van der Waals surface area (Å²) in [5.41, 5.74) is 0.973. The van der Waals surface area contributed by atoms with Crippen molar-refractivity contribution in [2.24, 2.45) is 5.92 Å². The maximum absolute atomic E-state index is 6.13. The van der Waals surface area contributed by atoms with Crippen molar-refractivity contribution in [3.05, 3.63) is 16.5 Å². The van der Waals surface area contributed by atoms with E-state index < -0.39 is 0 Å². The third kappa shape index (κ3) is 2.93. The topological polar surface area (TPSA) is 38.2 Å². The van der Waals surface area contributed by atoms with E-state index in [1.54, 1.807) is 7.11 Å². The maximum atomic E-state index is 6.13. The van der Waals surface area contributed by atoms with Gasteiger partial charge in [0.15, 0.2) is 0 Å². The number of halogens is 1. The molecule has 1 unspecified atom stereocenters. The van der Waals surface area contributed by atoms with Crippen LogP contribution in [0.1, 0.15) is 24.2 Å². The average molecular weight is 270 g/mol. The summed E-state index contributed by atoms with van der Waals surface area (Å²) in [6.45, 7) is 6.70. The van der Waals surface area contributed by atoms with E-state index in [2.05, 4.69) is 14.9 Å². The predicted octanol–water partition coefficient (Wildman–Crippen LogP) is 2.61. The monoisotopic (exact) mass is 269 g/mol. The lowest BCUT2D eigenvalue weighted by molar-refractivity contribution is 0.143. The van der Waals surface area contributed by atoms with E-state index in [0.717, 1.165) is 36.9 Å². The van der Waals surface area contributed by atoms with Crippen molar-refractivity contribution < 1.29 is 4.74 Å². The number of methoxy groups -OCH3 is 1. The van der Waals surface area contributed by atoms with Crippen molar-refractivity contribution in [3.8, 4) is 0 Å². The molecular formula is C13H20ClN3O. The number of anilines is 1. The molecule has 4 nitrogen and oxygen atoms in total. The van der Waals surface area contributed by atoms with Crippen LogP contribution in [0.4, 0.5) is 5.82 Å². The highest BCUT2D eigenvalue weighted by molar-refractivity contribution is 6.30. The van der Waals surface area contributed by atoms with Gasteiger partial charge in [0, 0.05) is 25.8 Å². The smallest absolute Gasteiger partial charge is 0.137 e. The number of aryl methyl sites for hydroxylation is 1. The summed E-state index contributed by atoms with van der Waals surface area (Å²) in [7, 11) is 1.76. The summed E-state index contributed by atoms with van der Waals surface area (Å²) in [5.74, 6) is 2.29. The van der Waals surface area contributed by atoms with Gasteiger partial charge in [-0.1, -0.05) is 11.6 Å². The van der Waals surface area contributed by atoms with Crippen LogP contribution in [0.25, 0.3) is 0 Å². The van der Waals surface area contributed by atoms with Crippen molar-refractivity contribution >= 4 is 17.4 Å². The SMILES string of the molecule is COCC1CCCN(c2nc(C)nc(Cl)c2C)C1. The third-order valence-electron chi connectivity index (χ3n) is 3.39. The molecule has 1 aliphatic heterocycles. The van der Waals surface area contributed by atoms with Crippen LogP contribution in [0.5, 0.6) is 0 Å². The molecule has 0 N–H and O–H groups in total. The Bertz CT molecular complexity index is 423. The van der Waals surface area contributed by atoms with Crippen molar-refractivity contribution in [3.63, 3.8) is 0 Å². The summed E-state index contributed by atoms with van der Waals surface area (Å²) in [5, 5.41) is 0.561. The number of hydrogen-bond donors (Lipinski definition) is 0. The van der Waals surface area contributed by atoms with Crippen LogP contribution in [0.3, 0.4) is 0 Å². The Hall–Kier alpha value is -0.870. The second-order valence-corrected chi connectivity index (χ2v) is 5.28. The first-order chi connectivity index (χ1) is 8.61. The zero-order valence-corrected chi connectivity index (χ0v) is 12.0. The molecule has 2 rings (SSSR count). The molecule has 0 radical (unpaired) electrons. The fourth-order valence-corrected chi connectivity index (χ4v) is 2.72. The minimum absolute atomic E-state index is 0.561. The van der Waals surface area contributed by atoms with E-state index >= 15 is 0 Å². The van der Waals surface area contributed by atoms with Gasteiger partial charge in [-0.15, -0.1) is 0 Å².